The van der Waals surface area contributed by atoms with Gasteiger partial charge < -0.3 is 5.73 Å². The summed E-state index contributed by atoms with van der Waals surface area (Å²) < 4.78 is 28.7. The minimum absolute atomic E-state index is 0.0356. The van der Waals surface area contributed by atoms with Crippen LogP contribution in [-0.2, 0) is 10.0 Å². The molecule has 3 rings (SSSR count). The molecular formula is C10H7N5O2S2. The molecule has 9 heteroatoms. The molecule has 0 unspecified atom stereocenters. The maximum Gasteiger partial charge on any atom is 0.285 e. The Morgan fingerprint density at radius 2 is 2.05 bits per heavy atom. The summed E-state index contributed by atoms with van der Waals surface area (Å²) in [7, 11) is -3.68. The van der Waals surface area contributed by atoms with Gasteiger partial charge in [0.05, 0.1) is 0 Å². The summed E-state index contributed by atoms with van der Waals surface area (Å²) in [4.78, 5) is 4.08. The number of nitrogens with zero attached hydrogens (tertiary/aromatic N) is 4. The Morgan fingerprint density at radius 3 is 2.74 bits per heavy atom. The standard InChI is InChI=1S/C10H7N5O2S2/c11-8(18)9-12-5-15(13-9)10-6-3-1-2-4-7(6)19(16,17)14-10/h1-5H,(H2,11,18). The molecule has 0 fully saturated rings. The van der Waals surface area contributed by atoms with Gasteiger partial charge in [0, 0.05) is 5.56 Å². The van der Waals surface area contributed by atoms with E-state index in [0.29, 0.717) is 5.56 Å². The molecule has 2 heterocycles. The molecule has 96 valence electrons. The van der Waals surface area contributed by atoms with Crippen molar-refractivity contribution in [2.24, 2.45) is 10.1 Å². The van der Waals surface area contributed by atoms with E-state index in [1.807, 2.05) is 0 Å². The number of fused-ring (bicyclic) bond motifs is 1. The Labute approximate surface area is 113 Å². The zero-order valence-electron chi connectivity index (χ0n) is 9.39. The summed E-state index contributed by atoms with van der Waals surface area (Å²) in [6.07, 6.45) is 1.32. The number of hydrogen-bond acceptors (Lipinski definition) is 5. The Hall–Kier alpha value is -2.13. The Balaban J connectivity index is 2.19. The van der Waals surface area contributed by atoms with Gasteiger partial charge in [0.2, 0.25) is 5.82 Å². The minimum atomic E-state index is -3.68. The van der Waals surface area contributed by atoms with Crippen molar-refractivity contribution in [2.75, 3.05) is 0 Å². The molecule has 0 spiro atoms. The average molecular weight is 293 g/mol. The summed E-state index contributed by atoms with van der Waals surface area (Å²) in [5.74, 6) is 0.352. The maximum absolute atomic E-state index is 11.9. The van der Waals surface area contributed by atoms with E-state index in [-0.39, 0.29) is 21.5 Å². The predicted molar refractivity (Wildman–Crippen MR) is 71.5 cm³/mol. The Morgan fingerprint density at radius 1 is 1.32 bits per heavy atom. The van der Waals surface area contributed by atoms with E-state index in [1.165, 1.54) is 17.1 Å². The molecule has 0 radical (unpaired) electrons. The first-order valence-corrected chi connectivity index (χ1v) is 7.00. The van der Waals surface area contributed by atoms with Crippen LogP contribution in [0.1, 0.15) is 11.4 Å². The molecule has 2 N–H and O–H groups in total. The van der Waals surface area contributed by atoms with Crippen LogP contribution in [-0.4, -0.2) is 34.0 Å². The van der Waals surface area contributed by atoms with Gasteiger partial charge in [0.15, 0.2) is 5.84 Å². The lowest BCUT2D eigenvalue weighted by Gasteiger charge is -1.99. The average Bonchev–Trinajstić information content (AvgIpc) is 2.94. The van der Waals surface area contributed by atoms with Crippen LogP contribution in [0.4, 0.5) is 0 Å². The van der Waals surface area contributed by atoms with Crippen molar-refractivity contribution in [1.82, 2.24) is 14.8 Å². The molecule has 0 saturated heterocycles. The number of rotatable bonds is 1. The molecule has 0 aliphatic carbocycles. The van der Waals surface area contributed by atoms with Crippen LogP contribution in [0.5, 0.6) is 0 Å². The highest BCUT2D eigenvalue weighted by atomic mass is 32.2. The van der Waals surface area contributed by atoms with E-state index in [1.54, 1.807) is 18.2 Å². The Kier molecular flexibility index (Phi) is 2.47. The number of hydrogen-bond donors (Lipinski definition) is 1. The molecule has 7 nitrogen and oxygen atoms in total. The summed E-state index contributed by atoms with van der Waals surface area (Å²) in [5.41, 5.74) is 5.88. The molecule has 0 bridgehead atoms. The predicted octanol–water partition coefficient (Wildman–Crippen LogP) is -0.0905. The van der Waals surface area contributed by atoms with E-state index in [4.69, 9.17) is 18.0 Å². The van der Waals surface area contributed by atoms with E-state index in [0.717, 1.165) is 0 Å². The first-order valence-electron chi connectivity index (χ1n) is 5.15. The fourth-order valence-corrected chi connectivity index (χ4v) is 3.02. The van der Waals surface area contributed by atoms with Gasteiger partial charge >= 0.3 is 0 Å². The van der Waals surface area contributed by atoms with Crippen molar-refractivity contribution in [3.8, 4) is 0 Å². The second-order valence-electron chi connectivity index (χ2n) is 3.76. The number of aromatic nitrogens is 3. The highest BCUT2D eigenvalue weighted by Crippen LogP contribution is 2.26. The largest absolute Gasteiger partial charge is 0.387 e. The van der Waals surface area contributed by atoms with Gasteiger partial charge in [0.25, 0.3) is 10.0 Å². The van der Waals surface area contributed by atoms with Crippen molar-refractivity contribution in [3.05, 3.63) is 42.0 Å². The SMILES string of the molecule is NC(=S)c1ncn(C2=NS(=O)(=O)c3ccccc32)n1. The van der Waals surface area contributed by atoms with Crippen LogP contribution < -0.4 is 5.73 Å². The molecule has 0 atom stereocenters. The fraction of sp³-hybridized carbons (Fsp3) is 0. The number of nitrogens with two attached hydrogens (primary N) is 1. The molecule has 2 aromatic rings. The summed E-state index contributed by atoms with van der Waals surface area (Å²) in [5, 5.41) is 4.00. The highest BCUT2D eigenvalue weighted by molar-refractivity contribution is 7.90. The lowest BCUT2D eigenvalue weighted by molar-refractivity contribution is 0.599. The maximum atomic E-state index is 11.9. The van der Waals surface area contributed by atoms with Gasteiger partial charge in [-0.2, -0.15) is 8.42 Å². The van der Waals surface area contributed by atoms with Crippen LogP contribution >= 0.6 is 12.2 Å². The zero-order valence-corrected chi connectivity index (χ0v) is 11.0. The lowest BCUT2D eigenvalue weighted by Crippen LogP contribution is -2.15. The molecule has 1 aromatic carbocycles. The van der Waals surface area contributed by atoms with Crippen LogP contribution in [0.3, 0.4) is 0 Å². The van der Waals surface area contributed by atoms with Gasteiger partial charge in [-0.1, -0.05) is 24.4 Å². The number of benzene rings is 1. The monoisotopic (exact) mass is 293 g/mol. The van der Waals surface area contributed by atoms with Crippen LogP contribution in [0.15, 0.2) is 39.9 Å². The molecular weight excluding hydrogens is 286 g/mol. The summed E-state index contributed by atoms with van der Waals surface area (Å²) in [6.45, 7) is 0. The van der Waals surface area contributed by atoms with Gasteiger partial charge in [-0.05, 0) is 12.1 Å². The summed E-state index contributed by atoms with van der Waals surface area (Å²) >= 11 is 4.75. The number of sulfonamides is 1. The number of thiocarbonyl (C=S) groups is 1. The van der Waals surface area contributed by atoms with Crippen molar-refractivity contribution in [2.45, 2.75) is 4.90 Å². The van der Waals surface area contributed by atoms with Crippen molar-refractivity contribution >= 4 is 33.1 Å². The quantitative estimate of drug-likeness (QED) is 0.737. The molecule has 1 aliphatic heterocycles. The van der Waals surface area contributed by atoms with Gasteiger partial charge in [-0.3, -0.25) is 0 Å². The van der Waals surface area contributed by atoms with E-state index in [2.05, 4.69) is 14.5 Å². The molecule has 19 heavy (non-hydrogen) atoms. The third-order valence-corrected chi connectivity index (χ3v) is 4.05. The topological polar surface area (TPSA) is 103 Å². The van der Waals surface area contributed by atoms with Crippen molar-refractivity contribution in [1.29, 1.82) is 0 Å². The first-order chi connectivity index (χ1) is 8.99. The Bertz CT molecular complexity index is 822. The smallest absolute Gasteiger partial charge is 0.285 e. The fourth-order valence-electron chi connectivity index (χ4n) is 1.73. The second-order valence-corrected chi connectivity index (χ2v) is 5.78. The van der Waals surface area contributed by atoms with E-state index >= 15 is 0 Å². The minimum Gasteiger partial charge on any atom is -0.387 e. The third-order valence-electron chi connectivity index (χ3n) is 2.54. The summed E-state index contributed by atoms with van der Waals surface area (Å²) in [6, 6.07) is 6.50. The van der Waals surface area contributed by atoms with Crippen LogP contribution in [0.25, 0.3) is 0 Å². The van der Waals surface area contributed by atoms with Gasteiger partial charge in [-0.15, -0.1) is 9.50 Å². The van der Waals surface area contributed by atoms with Gasteiger partial charge in [0.1, 0.15) is 16.2 Å². The molecule has 0 saturated carbocycles. The van der Waals surface area contributed by atoms with E-state index in [9.17, 15) is 8.42 Å². The van der Waals surface area contributed by atoms with Gasteiger partial charge in [-0.25, -0.2) is 9.67 Å². The van der Waals surface area contributed by atoms with Crippen molar-refractivity contribution < 1.29 is 8.42 Å². The van der Waals surface area contributed by atoms with Crippen molar-refractivity contribution in [3.63, 3.8) is 0 Å². The first kappa shape index (κ1) is 11.9. The molecule has 0 amide bonds. The normalized spacial score (nSPS) is 15.9. The second kappa shape index (κ2) is 3.93. The van der Waals surface area contributed by atoms with Crippen LogP contribution in [0, 0.1) is 0 Å². The third kappa shape index (κ3) is 1.83. The van der Waals surface area contributed by atoms with E-state index < -0.39 is 10.0 Å². The molecule has 1 aromatic heterocycles. The van der Waals surface area contributed by atoms with Crippen LogP contribution in [0.2, 0.25) is 0 Å². The zero-order chi connectivity index (χ0) is 13.6. The highest BCUT2D eigenvalue weighted by Gasteiger charge is 2.30. The molecule has 1 aliphatic rings. The lowest BCUT2D eigenvalue weighted by atomic mass is 10.2.